The number of benzene rings is 1. The largest absolute Gasteiger partial charge is 0.494 e. The van der Waals surface area contributed by atoms with Gasteiger partial charge in [0.1, 0.15) is 11.6 Å². The first kappa shape index (κ1) is 19.5. The Hall–Kier alpha value is -1.82. The number of nitrogens with one attached hydrogen (secondary N) is 1. The van der Waals surface area contributed by atoms with Gasteiger partial charge in [-0.15, -0.1) is 0 Å². The van der Waals surface area contributed by atoms with Crippen molar-refractivity contribution in [3.05, 3.63) is 30.1 Å². The van der Waals surface area contributed by atoms with Crippen molar-refractivity contribution in [2.45, 2.75) is 25.7 Å². The summed E-state index contributed by atoms with van der Waals surface area (Å²) in [6.07, 6.45) is 4.55. The number of hydrogen-bond acceptors (Lipinski definition) is 3. The lowest BCUT2D eigenvalue weighted by Crippen LogP contribution is -2.41. The summed E-state index contributed by atoms with van der Waals surface area (Å²) in [5, 5.41) is 3.35. The highest BCUT2D eigenvalue weighted by Gasteiger charge is 2.21. The number of hydrogen-bond donors (Lipinski definition) is 1. The molecule has 0 atom stereocenters. The molecule has 1 aromatic rings. The van der Waals surface area contributed by atoms with E-state index in [1.807, 2.05) is 7.05 Å². The molecular weight excluding hydrogens is 321 g/mol. The highest BCUT2D eigenvalue weighted by molar-refractivity contribution is 5.79. The number of halogens is 1. The van der Waals surface area contributed by atoms with Gasteiger partial charge in [-0.25, -0.2) is 4.39 Å². The number of guanidine groups is 1. The summed E-state index contributed by atoms with van der Waals surface area (Å²) >= 11 is 0. The molecule has 0 saturated heterocycles. The molecule has 25 heavy (non-hydrogen) atoms. The second-order valence-electron chi connectivity index (χ2n) is 6.42. The van der Waals surface area contributed by atoms with Crippen LogP contribution in [-0.2, 0) is 4.74 Å². The van der Waals surface area contributed by atoms with Crippen molar-refractivity contribution in [1.82, 2.24) is 10.2 Å². The lowest BCUT2D eigenvalue weighted by molar-refractivity contribution is 0.115. The summed E-state index contributed by atoms with van der Waals surface area (Å²) in [7, 11) is 3.81. The summed E-state index contributed by atoms with van der Waals surface area (Å²) in [4.78, 5) is 6.38. The third-order valence-electron chi connectivity index (χ3n) is 4.13. The molecule has 1 N–H and O–H groups in total. The highest BCUT2D eigenvalue weighted by atomic mass is 19.1. The normalized spacial score (nSPS) is 14.4. The van der Waals surface area contributed by atoms with E-state index in [-0.39, 0.29) is 5.82 Å². The van der Waals surface area contributed by atoms with Crippen molar-refractivity contribution >= 4 is 5.96 Å². The predicted molar refractivity (Wildman–Crippen MR) is 98.7 cm³/mol. The summed E-state index contributed by atoms with van der Waals surface area (Å²) < 4.78 is 24.0. The van der Waals surface area contributed by atoms with E-state index < -0.39 is 0 Å². The quantitative estimate of drug-likeness (QED) is 0.378. The Morgan fingerprint density at radius 1 is 1.24 bits per heavy atom. The van der Waals surface area contributed by atoms with Crippen LogP contribution in [-0.4, -0.2) is 57.9 Å². The minimum Gasteiger partial charge on any atom is -0.494 e. The molecule has 5 nitrogen and oxygen atoms in total. The van der Waals surface area contributed by atoms with Gasteiger partial charge in [-0.1, -0.05) is 0 Å². The Kier molecular flexibility index (Phi) is 8.52. The van der Waals surface area contributed by atoms with Crippen LogP contribution in [0.25, 0.3) is 0 Å². The maximum atomic E-state index is 12.8. The fourth-order valence-corrected chi connectivity index (χ4v) is 2.37. The zero-order valence-corrected chi connectivity index (χ0v) is 15.3. The van der Waals surface area contributed by atoms with Crippen molar-refractivity contribution in [3.8, 4) is 5.75 Å². The van der Waals surface area contributed by atoms with Gasteiger partial charge in [0, 0.05) is 33.8 Å². The molecule has 0 radical (unpaired) electrons. The van der Waals surface area contributed by atoms with Crippen LogP contribution < -0.4 is 10.1 Å². The Balaban J connectivity index is 1.50. The number of nitrogens with zero attached hydrogens (tertiary/aromatic N) is 2. The summed E-state index contributed by atoms with van der Waals surface area (Å²) in [6, 6.07) is 6.11. The van der Waals surface area contributed by atoms with Gasteiger partial charge in [-0.2, -0.15) is 0 Å². The van der Waals surface area contributed by atoms with Crippen molar-refractivity contribution < 1.29 is 13.9 Å². The van der Waals surface area contributed by atoms with Crippen LogP contribution >= 0.6 is 0 Å². The topological polar surface area (TPSA) is 46.1 Å². The first-order valence-electron chi connectivity index (χ1n) is 9.07. The molecular formula is C19H30FN3O2. The Labute approximate surface area is 150 Å². The van der Waals surface area contributed by atoms with Crippen LogP contribution in [0.4, 0.5) is 4.39 Å². The maximum Gasteiger partial charge on any atom is 0.193 e. The minimum absolute atomic E-state index is 0.245. The summed E-state index contributed by atoms with van der Waals surface area (Å²) in [6.45, 7) is 3.93. The van der Waals surface area contributed by atoms with E-state index >= 15 is 0 Å². The van der Waals surface area contributed by atoms with Crippen LogP contribution in [0.1, 0.15) is 25.7 Å². The van der Waals surface area contributed by atoms with E-state index in [9.17, 15) is 4.39 Å². The van der Waals surface area contributed by atoms with Crippen LogP contribution in [0.5, 0.6) is 5.75 Å². The van der Waals surface area contributed by atoms with Gasteiger partial charge in [0.05, 0.1) is 13.2 Å². The SMILES string of the molecule is CN=C(NCCCCOc1ccc(F)cc1)N(C)CCOCC1CC1. The zero-order chi connectivity index (χ0) is 17.9. The summed E-state index contributed by atoms with van der Waals surface area (Å²) in [5.41, 5.74) is 0. The first-order chi connectivity index (χ1) is 12.2. The van der Waals surface area contributed by atoms with Crippen molar-refractivity contribution in [2.75, 3.05) is 47.0 Å². The molecule has 0 bridgehead atoms. The molecule has 0 unspecified atom stereocenters. The van der Waals surface area contributed by atoms with Gasteiger partial charge in [0.25, 0.3) is 0 Å². The van der Waals surface area contributed by atoms with Gasteiger partial charge in [0.15, 0.2) is 5.96 Å². The molecule has 140 valence electrons. The van der Waals surface area contributed by atoms with E-state index in [4.69, 9.17) is 9.47 Å². The average molecular weight is 351 g/mol. The summed E-state index contributed by atoms with van der Waals surface area (Å²) in [5.74, 6) is 2.15. The monoisotopic (exact) mass is 351 g/mol. The van der Waals surface area contributed by atoms with Crippen molar-refractivity contribution in [3.63, 3.8) is 0 Å². The van der Waals surface area contributed by atoms with Gasteiger partial charge >= 0.3 is 0 Å². The average Bonchev–Trinajstić information content (AvgIpc) is 3.44. The Morgan fingerprint density at radius 2 is 2.00 bits per heavy atom. The molecule has 0 aliphatic heterocycles. The lowest BCUT2D eigenvalue weighted by Gasteiger charge is -2.22. The number of unbranched alkanes of at least 4 members (excludes halogenated alkanes) is 1. The molecule has 1 fully saturated rings. The van der Waals surface area contributed by atoms with Crippen molar-refractivity contribution in [1.29, 1.82) is 0 Å². The molecule has 6 heteroatoms. The van der Waals surface area contributed by atoms with Gasteiger partial charge < -0.3 is 19.7 Å². The fourth-order valence-electron chi connectivity index (χ4n) is 2.37. The second-order valence-corrected chi connectivity index (χ2v) is 6.42. The molecule has 0 spiro atoms. The third-order valence-corrected chi connectivity index (χ3v) is 4.13. The molecule has 1 saturated carbocycles. The van der Waals surface area contributed by atoms with Crippen molar-refractivity contribution in [2.24, 2.45) is 10.9 Å². The van der Waals surface area contributed by atoms with Gasteiger partial charge in [-0.3, -0.25) is 4.99 Å². The second kappa shape index (κ2) is 10.9. The van der Waals surface area contributed by atoms with E-state index in [2.05, 4.69) is 15.2 Å². The standard InChI is InChI=1S/C19H30FN3O2/c1-21-19(23(2)12-14-24-15-16-5-6-16)22-11-3-4-13-25-18-9-7-17(20)8-10-18/h7-10,16H,3-6,11-15H2,1-2H3,(H,21,22). The minimum atomic E-state index is -0.245. The Morgan fingerprint density at radius 3 is 2.68 bits per heavy atom. The molecule has 1 aromatic carbocycles. The van der Waals surface area contributed by atoms with E-state index in [0.29, 0.717) is 12.4 Å². The Bertz CT molecular complexity index is 518. The van der Waals surface area contributed by atoms with Crippen LogP contribution in [0.3, 0.4) is 0 Å². The number of ether oxygens (including phenoxy) is 2. The molecule has 0 amide bonds. The zero-order valence-electron chi connectivity index (χ0n) is 15.3. The number of rotatable bonds is 11. The van der Waals surface area contributed by atoms with E-state index in [0.717, 1.165) is 51.0 Å². The van der Waals surface area contributed by atoms with E-state index in [1.165, 1.54) is 25.0 Å². The van der Waals surface area contributed by atoms with Crippen LogP contribution in [0, 0.1) is 11.7 Å². The predicted octanol–water partition coefficient (Wildman–Crippen LogP) is 2.92. The number of likely N-dealkylation sites (N-methyl/N-ethyl adjacent to an activating group) is 1. The third kappa shape index (κ3) is 8.20. The van der Waals surface area contributed by atoms with Crippen LogP contribution in [0.15, 0.2) is 29.3 Å². The maximum absolute atomic E-state index is 12.8. The molecule has 0 heterocycles. The molecule has 1 aliphatic carbocycles. The van der Waals surface area contributed by atoms with Gasteiger partial charge in [0.2, 0.25) is 0 Å². The lowest BCUT2D eigenvalue weighted by atomic mass is 10.3. The molecule has 0 aromatic heterocycles. The molecule has 1 aliphatic rings. The van der Waals surface area contributed by atoms with Gasteiger partial charge in [-0.05, 0) is 55.9 Å². The fraction of sp³-hybridized carbons (Fsp3) is 0.632. The highest BCUT2D eigenvalue weighted by Crippen LogP contribution is 2.28. The van der Waals surface area contributed by atoms with E-state index in [1.54, 1.807) is 19.2 Å². The number of aliphatic imine (C=N–C) groups is 1. The smallest absolute Gasteiger partial charge is 0.193 e. The molecule has 2 rings (SSSR count). The van der Waals surface area contributed by atoms with Crippen LogP contribution in [0.2, 0.25) is 0 Å². The first-order valence-corrected chi connectivity index (χ1v) is 9.07.